The van der Waals surface area contributed by atoms with Crippen molar-refractivity contribution in [2.75, 3.05) is 39.6 Å². The molecule has 113 heavy (non-hydrogen) atoms. The van der Waals surface area contributed by atoms with Crippen LogP contribution in [0.4, 0.5) is 0 Å². The molecule has 0 spiro atoms. The average molecular weight is 1650 g/mol. The van der Waals surface area contributed by atoms with Gasteiger partial charge in [0.2, 0.25) is 11.6 Å². The molecule has 10 heterocycles. The van der Waals surface area contributed by atoms with Gasteiger partial charge in [-0.2, -0.15) is 0 Å². The maximum atomic E-state index is 13.0. The number of hydrogen-bond acceptors (Lipinski definition) is 51. The molecule has 51 nitrogen and oxygen atoms in total. The van der Waals surface area contributed by atoms with E-state index < -0.39 is 351 Å². The molecule has 0 amide bonds. The van der Waals surface area contributed by atoms with Gasteiger partial charge in [-0.15, -0.1) is 0 Å². The Hall–Kier alpha value is -5.19. The van der Waals surface area contributed by atoms with Crippen molar-refractivity contribution in [2.45, 2.75) is 304 Å². The number of hydrogen-bond donors (Lipinski definition) is 18. The minimum Gasteiger partial charge on any atom is -0.547 e. The van der Waals surface area contributed by atoms with Crippen molar-refractivity contribution in [1.29, 1.82) is 0 Å². The summed E-state index contributed by atoms with van der Waals surface area (Å²) < 4.78 is 123. The average Bonchev–Trinajstić information content (AvgIpc) is 0.750. The van der Waals surface area contributed by atoms with Gasteiger partial charge in [-0.1, -0.05) is 0 Å². The zero-order chi connectivity index (χ0) is 83.2. The summed E-state index contributed by atoms with van der Waals surface area (Å²) in [5.74, 6) is -17.0. The molecule has 10 fully saturated rings. The summed E-state index contributed by atoms with van der Waals surface area (Å²) in [5, 5.41) is 249. The quantitative estimate of drug-likeness (QED) is 0.0268. The maximum Gasteiger partial charge on any atom is 0.308 e. The fourth-order valence-corrected chi connectivity index (χ4v) is 14.0. The van der Waals surface area contributed by atoms with Gasteiger partial charge in [-0.25, -0.2) is 0 Å². The van der Waals surface area contributed by atoms with E-state index >= 15 is 0 Å². The van der Waals surface area contributed by atoms with Gasteiger partial charge < -0.3 is 236 Å². The summed E-state index contributed by atoms with van der Waals surface area (Å²) >= 11 is 0. The third-order valence-corrected chi connectivity index (χ3v) is 19.9. The molecule has 18 N–H and O–H groups in total. The first-order valence-corrected chi connectivity index (χ1v) is 34.9. The van der Waals surface area contributed by atoms with Crippen LogP contribution in [0.1, 0.15) is 41.0 Å². The van der Waals surface area contributed by atoms with Crippen molar-refractivity contribution in [3.8, 4) is 0 Å². The van der Waals surface area contributed by atoms with Crippen LogP contribution in [0.3, 0.4) is 0 Å². The van der Waals surface area contributed by atoms with Gasteiger partial charge in [0.15, 0.2) is 68.6 Å². The van der Waals surface area contributed by atoms with Crippen LogP contribution in [0.25, 0.3) is 0 Å². The molecule has 43 atom stereocenters. The Morgan fingerprint density at radius 2 is 0.761 bits per heavy atom. The number of carboxylic acid groups (broad SMARTS) is 4. The number of carbonyl (C=O) groups is 7. The second-order valence-corrected chi connectivity index (χ2v) is 28.0. The molecule has 10 aliphatic rings. The summed E-state index contributed by atoms with van der Waals surface area (Å²) in [7, 11) is 0. The van der Waals surface area contributed by atoms with Gasteiger partial charge >= 0.3 is 17.9 Å². The molecule has 10 saturated heterocycles. The molecule has 0 aromatic heterocycles. The van der Waals surface area contributed by atoms with E-state index in [-0.39, 0.29) is 0 Å². The number of carbonyl (C=O) groups excluding carboxylic acids is 7. The fraction of sp³-hybridized carbons (Fsp3) is 0.887. The normalized spacial score (nSPS) is 48.5. The van der Waals surface area contributed by atoms with E-state index in [1.165, 1.54) is 6.92 Å². The lowest BCUT2D eigenvalue weighted by atomic mass is 9.94. The SMILES string of the molecule is CC(=O)O[C@@H]1[C@@H](O)[C@H](O[C@@H]2O[C@H](CO)[C@@H](O[C@@H]3O[C@H](C(=O)[O-])[C@@H](O[C@@H]4O[C@H](C(=O)[O-])[C@@H](O)[C@H](O)[C@H]4O)[C@H](O)[C@H]3OC(C)=O)[C@H](O)[C@H]2O)[C@@H](CO[C@@H]2O[C@H](CO)[C@@H](O[C@@H]3O[C@H](CO)[C@@H](O[C@@H]4O[C@@H]5CO[C@](C)(C(=O)[O-])O[C@H]5[C@H](O[C@@H]5O[C@@H]6CO[C@@](C)(C(=O)[O-])O[C@@H]6[C@H](OC(=O)CC(C)O)[C@H]5O)[C@H]4O)[C@H](O)[C@H]3O)[C@H](O)[C@H]2O)O[C@@H]1O. The molecule has 1 unspecified atom stereocenters. The minimum absolute atomic E-state index is 0.667. The Bertz CT molecular complexity index is 3240. The molecule has 51 heteroatoms. The molecule has 10 aliphatic heterocycles. The van der Waals surface area contributed by atoms with Crippen molar-refractivity contribution >= 4 is 41.8 Å². The fourth-order valence-electron chi connectivity index (χ4n) is 14.0. The van der Waals surface area contributed by atoms with Crippen LogP contribution in [0.5, 0.6) is 0 Å². The van der Waals surface area contributed by atoms with Crippen molar-refractivity contribution < 1.29 is 250 Å². The van der Waals surface area contributed by atoms with Gasteiger partial charge in [0.25, 0.3) is 0 Å². The first-order valence-electron chi connectivity index (χ1n) is 34.9. The Labute approximate surface area is 634 Å². The van der Waals surface area contributed by atoms with Crippen LogP contribution < -0.4 is 20.4 Å². The molecule has 10 rings (SSSR count). The third-order valence-electron chi connectivity index (χ3n) is 19.9. The monoisotopic (exact) mass is 1650 g/mol. The zero-order valence-electron chi connectivity index (χ0n) is 59.6. The van der Waals surface area contributed by atoms with Gasteiger partial charge in [-0.05, 0) is 20.8 Å². The lowest BCUT2D eigenvalue weighted by molar-refractivity contribution is -0.437. The molecule has 0 aromatic rings. The second-order valence-electron chi connectivity index (χ2n) is 28.0. The summed E-state index contributed by atoms with van der Waals surface area (Å²) in [5.41, 5.74) is 0. The van der Waals surface area contributed by atoms with Crippen LogP contribution in [-0.4, -0.2) is 437 Å². The number of ether oxygens (including phenoxy) is 22. The van der Waals surface area contributed by atoms with Crippen molar-refractivity contribution in [2.24, 2.45) is 0 Å². The third kappa shape index (κ3) is 19.1. The Morgan fingerprint density at radius 3 is 1.21 bits per heavy atom. The van der Waals surface area contributed by atoms with Gasteiger partial charge in [0.1, 0.15) is 189 Å². The first kappa shape index (κ1) is 90.1. The number of fused-ring (bicyclic) bond motifs is 2. The number of aliphatic hydroxyl groups is 18. The molecule has 0 bridgehead atoms. The van der Waals surface area contributed by atoms with Crippen molar-refractivity contribution in [3.63, 3.8) is 0 Å². The van der Waals surface area contributed by atoms with Gasteiger partial charge in [0.05, 0.1) is 64.1 Å². The lowest BCUT2D eigenvalue weighted by Crippen LogP contribution is -2.72. The molecule has 646 valence electrons. The lowest BCUT2D eigenvalue weighted by Gasteiger charge is -2.54. The highest BCUT2D eigenvalue weighted by atomic mass is 16.8. The van der Waals surface area contributed by atoms with Crippen molar-refractivity contribution in [1.82, 2.24) is 0 Å². The summed E-state index contributed by atoms with van der Waals surface area (Å²) in [6, 6.07) is 0. The zero-order valence-corrected chi connectivity index (χ0v) is 59.6. The van der Waals surface area contributed by atoms with Crippen LogP contribution in [0, 0.1) is 0 Å². The second kappa shape index (κ2) is 37.0. The van der Waals surface area contributed by atoms with E-state index in [1.54, 1.807) is 0 Å². The highest BCUT2D eigenvalue weighted by Gasteiger charge is 2.63. The maximum absolute atomic E-state index is 13.0. The molecular weight excluding hydrogens is 1560 g/mol. The topological polar surface area (TPSA) is 779 Å². The predicted molar refractivity (Wildman–Crippen MR) is 322 cm³/mol. The minimum atomic E-state index is -2.63. The number of esters is 3. The number of carboxylic acids is 4. The standard InChI is InChI=1S/C62H92O51/c1-13(66)6-22(69)103-43-34(81)57(102-20-11-93-61(4,59(88)89)112-40(20)43)109-44-35(82)56(101-21-12-94-62(5,60(90)91)113-41(21)44)105-37-17(8-64)99-53(30(77)26(37)73)104-36-16(7-63)98-52(29(76)25(36)72)92-10-19-39(32(79)46(51(87)97-19)95-14(2)67)106-54-31(78)27(74)38(18(9-65)100-54)107-58-47(96-15(3)68)33(80)42(48(111-58)50(85)86)108-55-28(75)23(70)24(71)45(110-55)49(83)84/h13,16-21,23-48,51-58,63-66,70-82,87H,6-12H2,1-5H3,(H,83,84)(H,85,86)(H,88,89)(H,90,91)/p-4/t13?,16-,17-,18-,19-,20-,21-,23+,24+,25-,26-,27-,28-,29-,30-,31-,32+,33+,34-,35-,36-,37-,38-,39-,40+,41-,42+,43-,44-,45+,46-,47-,48+,51+,52-,53+,54+,55-,56+,57+,58-,61-,62+/m1/s1. The number of aliphatic carboxylic acids is 4. The van der Waals surface area contributed by atoms with Crippen LogP contribution in [0.2, 0.25) is 0 Å². The van der Waals surface area contributed by atoms with E-state index in [0.717, 1.165) is 27.7 Å². The van der Waals surface area contributed by atoms with E-state index in [9.17, 15) is 146 Å². The van der Waals surface area contributed by atoms with Crippen LogP contribution in [0.15, 0.2) is 0 Å². The highest BCUT2D eigenvalue weighted by molar-refractivity contribution is 5.74. The molecule has 0 radical (unpaired) electrons. The molecular formula is C62H88O51-4. The van der Waals surface area contributed by atoms with E-state index in [1.807, 2.05) is 0 Å². The highest BCUT2D eigenvalue weighted by Crippen LogP contribution is 2.43. The Morgan fingerprint density at radius 1 is 0.389 bits per heavy atom. The summed E-state index contributed by atoms with van der Waals surface area (Å²) in [6.45, 7) is -1.46. The van der Waals surface area contributed by atoms with Crippen LogP contribution >= 0.6 is 0 Å². The van der Waals surface area contributed by atoms with Gasteiger partial charge in [0, 0.05) is 13.8 Å². The van der Waals surface area contributed by atoms with E-state index in [2.05, 4.69) is 0 Å². The number of rotatable bonds is 27. The van der Waals surface area contributed by atoms with E-state index in [4.69, 9.17) is 104 Å². The van der Waals surface area contributed by atoms with Gasteiger partial charge in [-0.3, -0.25) is 14.4 Å². The van der Waals surface area contributed by atoms with Crippen molar-refractivity contribution in [3.05, 3.63) is 0 Å². The smallest absolute Gasteiger partial charge is 0.308 e. The summed E-state index contributed by atoms with van der Waals surface area (Å²) in [6.07, 6.45) is -89.1. The first-order chi connectivity index (χ1) is 53.1. The van der Waals surface area contributed by atoms with Crippen LogP contribution in [-0.2, 0) is 138 Å². The predicted octanol–water partition coefficient (Wildman–Crippen LogP) is -20.4. The van der Waals surface area contributed by atoms with E-state index in [0.29, 0.717) is 0 Å². The summed E-state index contributed by atoms with van der Waals surface area (Å²) in [4.78, 5) is 86.3. The number of aliphatic hydroxyl groups excluding tert-OH is 18. The molecule has 0 aromatic carbocycles. The Kier molecular flexibility index (Phi) is 29.5. The Balaban J connectivity index is 0.799. The molecule has 0 aliphatic carbocycles. The molecule has 0 saturated carbocycles. The largest absolute Gasteiger partial charge is 0.547 e.